The summed E-state index contributed by atoms with van der Waals surface area (Å²) in [6.07, 6.45) is 4.40. The molecule has 1 aromatic carbocycles. The van der Waals surface area contributed by atoms with Crippen LogP contribution >= 0.6 is 22.6 Å². The van der Waals surface area contributed by atoms with Crippen LogP contribution in [0.2, 0.25) is 0 Å². The Hall–Kier alpha value is -1.17. The summed E-state index contributed by atoms with van der Waals surface area (Å²) in [6.45, 7) is 2.15. The van der Waals surface area contributed by atoms with Crippen LogP contribution in [0, 0.1) is 3.57 Å². The van der Waals surface area contributed by atoms with Gasteiger partial charge in [-0.15, -0.1) is 0 Å². The molecule has 0 radical (unpaired) electrons. The first-order valence-corrected chi connectivity index (χ1v) is 6.19. The highest BCUT2D eigenvalue weighted by molar-refractivity contribution is 14.1. The van der Waals surface area contributed by atoms with E-state index >= 15 is 0 Å². The fraction of sp³-hybridized carbons (Fsp3) is 0.167. The zero-order valence-corrected chi connectivity index (χ0v) is 11.1. The fourth-order valence-corrected chi connectivity index (χ4v) is 1.80. The Morgan fingerprint density at radius 2 is 2.00 bits per heavy atom. The van der Waals surface area contributed by atoms with E-state index in [4.69, 9.17) is 0 Å². The van der Waals surface area contributed by atoms with Crippen molar-refractivity contribution in [2.24, 2.45) is 0 Å². The second-order valence-corrected chi connectivity index (χ2v) is 4.56. The summed E-state index contributed by atoms with van der Waals surface area (Å²) in [4.78, 5) is 8.14. The highest BCUT2D eigenvalue weighted by atomic mass is 127. The van der Waals surface area contributed by atoms with E-state index in [0.29, 0.717) is 0 Å². The van der Waals surface area contributed by atoms with E-state index in [2.05, 4.69) is 69.1 Å². The van der Waals surface area contributed by atoms with Crippen LogP contribution in [0.15, 0.2) is 36.8 Å². The first-order valence-electron chi connectivity index (χ1n) is 5.11. The van der Waals surface area contributed by atoms with E-state index in [1.165, 1.54) is 5.56 Å². The third-order valence-corrected chi connectivity index (χ3v) is 3.08. The predicted molar refractivity (Wildman–Crippen MR) is 73.9 cm³/mol. The molecule has 0 atom stereocenters. The number of hydrogen-bond donors (Lipinski definition) is 1. The molecule has 1 heterocycles. The van der Waals surface area contributed by atoms with Gasteiger partial charge >= 0.3 is 0 Å². The van der Waals surface area contributed by atoms with Crippen molar-refractivity contribution in [2.45, 2.75) is 13.3 Å². The smallest absolute Gasteiger partial charge is 0.147 e. The number of nitrogens with zero attached hydrogens (tertiary/aromatic N) is 2. The number of rotatable bonds is 3. The van der Waals surface area contributed by atoms with Gasteiger partial charge in [-0.05, 0) is 46.7 Å². The lowest BCUT2D eigenvalue weighted by molar-refractivity contribution is 1.13. The second-order valence-electron chi connectivity index (χ2n) is 3.39. The molecule has 0 saturated heterocycles. The molecule has 4 heteroatoms. The summed E-state index contributed by atoms with van der Waals surface area (Å²) in [7, 11) is 0. The number of halogens is 1. The molecule has 1 aromatic heterocycles. The van der Waals surface area contributed by atoms with Gasteiger partial charge in [-0.3, -0.25) is 0 Å². The van der Waals surface area contributed by atoms with Crippen LogP contribution < -0.4 is 5.32 Å². The Bertz CT molecular complexity index is 468. The molecule has 0 saturated carbocycles. The summed E-state index contributed by atoms with van der Waals surface area (Å²) in [5.41, 5.74) is 2.39. The van der Waals surface area contributed by atoms with Crippen molar-refractivity contribution in [3.05, 3.63) is 45.9 Å². The minimum atomic E-state index is 0.847. The normalized spacial score (nSPS) is 10.1. The average Bonchev–Trinajstić information content (AvgIpc) is 2.33. The Morgan fingerprint density at radius 3 is 2.62 bits per heavy atom. The molecule has 0 aliphatic carbocycles. The lowest BCUT2D eigenvalue weighted by Gasteiger charge is -2.07. The van der Waals surface area contributed by atoms with Crippen LogP contribution in [0.4, 0.5) is 11.5 Å². The molecular formula is C12H12IN3. The van der Waals surface area contributed by atoms with Gasteiger partial charge in [0.25, 0.3) is 0 Å². The molecule has 0 amide bonds. The van der Waals surface area contributed by atoms with Gasteiger partial charge < -0.3 is 5.32 Å². The molecule has 0 fully saturated rings. The quantitative estimate of drug-likeness (QED) is 0.879. The van der Waals surface area contributed by atoms with Crippen LogP contribution in [0.25, 0.3) is 0 Å². The third-order valence-electron chi connectivity index (χ3n) is 2.29. The number of nitrogens with one attached hydrogen (secondary N) is 1. The van der Waals surface area contributed by atoms with Crippen LogP contribution in [0.1, 0.15) is 12.5 Å². The maximum absolute atomic E-state index is 4.19. The predicted octanol–water partition coefficient (Wildman–Crippen LogP) is 3.39. The zero-order valence-electron chi connectivity index (χ0n) is 8.94. The van der Waals surface area contributed by atoms with Crippen molar-refractivity contribution in [3.8, 4) is 0 Å². The van der Waals surface area contributed by atoms with Crippen molar-refractivity contribution >= 4 is 34.1 Å². The molecule has 2 rings (SSSR count). The summed E-state index contributed by atoms with van der Waals surface area (Å²) in [6, 6.07) is 8.38. The van der Waals surface area contributed by atoms with Crippen molar-refractivity contribution < 1.29 is 0 Å². The lowest BCUT2D eigenvalue weighted by atomic mass is 10.1. The minimum Gasteiger partial charge on any atom is -0.339 e. The molecule has 0 unspecified atom stereocenters. The maximum atomic E-state index is 4.19. The average molecular weight is 325 g/mol. The molecule has 3 nitrogen and oxygen atoms in total. The molecule has 0 spiro atoms. The van der Waals surface area contributed by atoms with E-state index in [-0.39, 0.29) is 0 Å². The van der Waals surface area contributed by atoms with Gasteiger partial charge in [0.15, 0.2) is 0 Å². The Labute approximate surface area is 108 Å². The van der Waals surface area contributed by atoms with Crippen molar-refractivity contribution in [1.82, 2.24) is 9.97 Å². The van der Waals surface area contributed by atoms with Crippen molar-refractivity contribution in [2.75, 3.05) is 5.32 Å². The summed E-state index contributed by atoms with van der Waals surface area (Å²) in [5, 5.41) is 3.26. The van der Waals surface area contributed by atoms with Gasteiger partial charge in [0.2, 0.25) is 0 Å². The van der Waals surface area contributed by atoms with Crippen LogP contribution in [0.3, 0.4) is 0 Å². The molecule has 1 N–H and O–H groups in total. The zero-order chi connectivity index (χ0) is 11.4. The first-order chi connectivity index (χ1) is 7.79. The van der Waals surface area contributed by atoms with E-state index in [9.17, 15) is 0 Å². The number of anilines is 2. The molecule has 0 bridgehead atoms. The largest absolute Gasteiger partial charge is 0.339 e. The van der Waals surface area contributed by atoms with Gasteiger partial charge in [0.05, 0.1) is 3.57 Å². The van der Waals surface area contributed by atoms with Crippen LogP contribution in [-0.2, 0) is 6.42 Å². The number of aryl methyl sites for hydroxylation is 1. The maximum Gasteiger partial charge on any atom is 0.147 e. The van der Waals surface area contributed by atoms with E-state index in [0.717, 1.165) is 21.5 Å². The summed E-state index contributed by atoms with van der Waals surface area (Å²) < 4.78 is 1.01. The van der Waals surface area contributed by atoms with Crippen LogP contribution in [0.5, 0.6) is 0 Å². The Balaban J connectivity index is 2.18. The molecule has 0 aliphatic heterocycles. The standard InChI is InChI=1S/C12H12IN3/c1-2-9-3-5-10(6-4-9)16-12-11(13)7-14-8-15-12/h3-8H,2H2,1H3,(H,14,15,16). The van der Waals surface area contributed by atoms with Gasteiger partial charge in [0.1, 0.15) is 12.1 Å². The summed E-state index contributed by atoms with van der Waals surface area (Å²) in [5.74, 6) is 0.847. The van der Waals surface area contributed by atoms with Gasteiger partial charge in [-0.2, -0.15) is 0 Å². The molecule has 82 valence electrons. The second kappa shape index (κ2) is 5.25. The Morgan fingerprint density at radius 1 is 1.25 bits per heavy atom. The number of hydrogen-bond acceptors (Lipinski definition) is 3. The number of aromatic nitrogens is 2. The minimum absolute atomic E-state index is 0.847. The van der Waals surface area contributed by atoms with E-state index in [1.54, 1.807) is 12.5 Å². The summed E-state index contributed by atoms with van der Waals surface area (Å²) >= 11 is 2.21. The van der Waals surface area contributed by atoms with Crippen molar-refractivity contribution in [3.63, 3.8) is 0 Å². The van der Waals surface area contributed by atoms with Crippen LogP contribution in [-0.4, -0.2) is 9.97 Å². The highest BCUT2D eigenvalue weighted by Gasteiger charge is 2.00. The molecule has 2 aromatic rings. The lowest BCUT2D eigenvalue weighted by Crippen LogP contribution is -1.96. The monoisotopic (exact) mass is 325 g/mol. The van der Waals surface area contributed by atoms with Gasteiger partial charge in [-0.1, -0.05) is 19.1 Å². The van der Waals surface area contributed by atoms with E-state index < -0.39 is 0 Å². The van der Waals surface area contributed by atoms with Gasteiger partial charge in [-0.25, -0.2) is 9.97 Å². The topological polar surface area (TPSA) is 37.8 Å². The van der Waals surface area contributed by atoms with Gasteiger partial charge in [0, 0.05) is 11.9 Å². The molecule has 16 heavy (non-hydrogen) atoms. The third kappa shape index (κ3) is 2.69. The number of benzene rings is 1. The molecular weight excluding hydrogens is 313 g/mol. The first kappa shape index (κ1) is 11.3. The molecule has 0 aliphatic rings. The van der Waals surface area contributed by atoms with E-state index in [1.807, 2.05) is 0 Å². The Kier molecular flexibility index (Phi) is 3.71. The fourth-order valence-electron chi connectivity index (χ4n) is 1.37. The van der Waals surface area contributed by atoms with Crippen molar-refractivity contribution in [1.29, 1.82) is 0 Å². The highest BCUT2D eigenvalue weighted by Crippen LogP contribution is 2.19. The SMILES string of the molecule is CCc1ccc(Nc2ncncc2I)cc1.